The van der Waals surface area contributed by atoms with Gasteiger partial charge in [-0.1, -0.05) is 32.4 Å². The molecule has 0 aromatic rings. The van der Waals surface area contributed by atoms with Crippen molar-refractivity contribution in [3.8, 4) is 0 Å². The van der Waals surface area contributed by atoms with Gasteiger partial charge in [-0.15, -0.1) is 0 Å². The minimum Gasteiger partial charge on any atom is -0.433 e. The molecule has 4 aliphatic carbocycles. The van der Waals surface area contributed by atoms with Crippen molar-refractivity contribution in [2.75, 3.05) is 13.2 Å². The molecule has 2 saturated heterocycles. The second-order valence-corrected chi connectivity index (χ2v) is 15.2. The molecule has 7 N–H and O–H groups in total. The number of aliphatic hydroxyl groups is 7. The second-order valence-electron chi connectivity index (χ2n) is 15.2. The van der Waals surface area contributed by atoms with Crippen LogP contribution in [0.4, 0.5) is 0 Å². The number of fused-ring (bicyclic) bond motifs is 5. The van der Waals surface area contributed by atoms with Crippen molar-refractivity contribution in [1.82, 2.24) is 0 Å². The molecule has 3 saturated carbocycles. The van der Waals surface area contributed by atoms with Crippen molar-refractivity contribution in [2.45, 2.75) is 134 Å². The average molecular weight is 641 g/mol. The number of allylic oxidation sites excluding steroid dienone is 1. The first-order valence-corrected chi connectivity index (χ1v) is 16.8. The zero-order valence-corrected chi connectivity index (χ0v) is 26.5. The summed E-state index contributed by atoms with van der Waals surface area (Å²) in [4.78, 5) is 13.6. The topological polar surface area (TPSA) is 196 Å². The van der Waals surface area contributed by atoms with E-state index in [9.17, 15) is 40.5 Å². The molecule has 0 bridgehead atoms. The second kappa shape index (κ2) is 12.7. The van der Waals surface area contributed by atoms with E-state index in [1.165, 1.54) is 5.57 Å². The molecule has 45 heavy (non-hydrogen) atoms. The maximum Gasteiger partial charge on any atom is 0.311 e. The van der Waals surface area contributed by atoms with Crippen LogP contribution in [0, 0.1) is 40.4 Å². The largest absolute Gasteiger partial charge is 0.433 e. The Balaban J connectivity index is 1.09. The Kier molecular flexibility index (Phi) is 9.50. The van der Waals surface area contributed by atoms with E-state index in [2.05, 4.69) is 19.9 Å². The SMILES string of the molecule is CC(C(=O)O[C@@H]1O[C@H](CO[C@@H]2OC[C@H](O)[C@H](O)[C@H]2O)[C@@H](O)[C@H](O)[C@H]1O)C1CCC2C3CC=C4C[C@@H](O)CC[C@]4(C)C3CC[C@]12C. The van der Waals surface area contributed by atoms with Crippen LogP contribution in [0.15, 0.2) is 11.6 Å². The summed E-state index contributed by atoms with van der Waals surface area (Å²) in [6.45, 7) is 5.88. The monoisotopic (exact) mass is 640 g/mol. The molecule has 12 nitrogen and oxygen atoms in total. The molecule has 2 aliphatic heterocycles. The lowest BCUT2D eigenvalue weighted by Gasteiger charge is -2.58. The van der Waals surface area contributed by atoms with Gasteiger partial charge in [-0.25, -0.2) is 0 Å². The zero-order valence-electron chi connectivity index (χ0n) is 26.5. The van der Waals surface area contributed by atoms with E-state index in [0.717, 1.165) is 51.4 Å². The molecule has 2 heterocycles. The van der Waals surface area contributed by atoms with Gasteiger partial charge in [0.25, 0.3) is 0 Å². The van der Waals surface area contributed by atoms with Crippen LogP contribution in [-0.4, -0.2) is 116 Å². The predicted molar refractivity (Wildman–Crippen MR) is 157 cm³/mol. The third-order valence-electron chi connectivity index (χ3n) is 12.9. The fourth-order valence-electron chi connectivity index (χ4n) is 10.2. The summed E-state index contributed by atoms with van der Waals surface area (Å²) in [5.41, 5.74) is 1.51. The van der Waals surface area contributed by atoms with E-state index in [0.29, 0.717) is 17.8 Å². The summed E-state index contributed by atoms with van der Waals surface area (Å²) >= 11 is 0. The lowest BCUT2D eigenvalue weighted by molar-refractivity contribution is -0.315. The highest BCUT2D eigenvalue weighted by Crippen LogP contribution is 2.67. The van der Waals surface area contributed by atoms with Gasteiger partial charge in [0.1, 0.15) is 42.7 Å². The molecule has 5 fully saturated rings. The van der Waals surface area contributed by atoms with Gasteiger partial charge in [-0.2, -0.15) is 0 Å². The molecule has 17 atom stereocenters. The summed E-state index contributed by atoms with van der Waals surface area (Å²) in [6, 6.07) is 0. The maximum absolute atomic E-state index is 13.6. The van der Waals surface area contributed by atoms with E-state index < -0.39 is 73.8 Å². The molecule has 0 aromatic carbocycles. The van der Waals surface area contributed by atoms with Crippen LogP contribution in [0.5, 0.6) is 0 Å². The quantitative estimate of drug-likeness (QED) is 0.156. The lowest BCUT2D eigenvalue weighted by Crippen LogP contribution is -2.61. The average Bonchev–Trinajstić information content (AvgIpc) is 3.37. The van der Waals surface area contributed by atoms with Crippen molar-refractivity contribution in [3.63, 3.8) is 0 Å². The van der Waals surface area contributed by atoms with Gasteiger partial charge in [-0.05, 0) is 85.9 Å². The molecule has 6 aliphatic rings. The molecule has 0 aromatic heterocycles. The zero-order chi connectivity index (χ0) is 32.4. The molecule has 0 amide bonds. The molecule has 0 spiro atoms. The van der Waals surface area contributed by atoms with Gasteiger partial charge in [0, 0.05) is 0 Å². The van der Waals surface area contributed by atoms with Crippen LogP contribution >= 0.6 is 0 Å². The minimum absolute atomic E-state index is 0.0490. The van der Waals surface area contributed by atoms with Crippen LogP contribution in [0.3, 0.4) is 0 Å². The highest BCUT2D eigenvalue weighted by Gasteiger charge is 2.60. The van der Waals surface area contributed by atoms with Gasteiger partial charge >= 0.3 is 5.97 Å². The fourth-order valence-corrected chi connectivity index (χ4v) is 10.2. The van der Waals surface area contributed by atoms with Crippen molar-refractivity contribution < 1.29 is 59.5 Å². The normalized spacial score (nSPS) is 52.2. The number of rotatable bonds is 6. The van der Waals surface area contributed by atoms with Crippen molar-refractivity contribution >= 4 is 5.97 Å². The van der Waals surface area contributed by atoms with Crippen LogP contribution < -0.4 is 0 Å². The van der Waals surface area contributed by atoms with Crippen molar-refractivity contribution in [1.29, 1.82) is 0 Å². The number of hydrogen-bond acceptors (Lipinski definition) is 12. The third kappa shape index (κ3) is 5.81. The summed E-state index contributed by atoms with van der Waals surface area (Å²) in [5, 5.41) is 71.7. The Morgan fingerprint density at radius 2 is 1.64 bits per heavy atom. The van der Waals surface area contributed by atoms with Crippen LogP contribution in [0.2, 0.25) is 0 Å². The first kappa shape index (κ1) is 33.7. The standard InChI is InChI=1S/C33H52O12/c1-15(19-6-7-20-18-5-4-16-12-17(34)8-10-32(16,2)21(18)9-11-33(19,20)3)29(41)45-31-28(40)26(38)25(37)23(44-31)14-43-30-27(39)24(36)22(35)13-42-30/h4,15,17-28,30-31,34-40H,5-14H2,1-3H3/t15?,17-,18?,19?,20?,21?,22-,23+,24-,25+,26-,27+,28+,30-,31-,32-,33+/m0/s1. The summed E-state index contributed by atoms with van der Waals surface area (Å²) in [6.07, 6.45) is -3.58. The van der Waals surface area contributed by atoms with Crippen molar-refractivity contribution in [3.05, 3.63) is 11.6 Å². The van der Waals surface area contributed by atoms with Crippen LogP contribution in [0.1, 0.15) is 72.1 Å². The van der Waals surface area contributed by atoms with E-state index in [1.807, 2.05) is 6.92 Å². The maximum atomic E-state index is 13.6. The van der Waals surface area contributed by atoms with E-state index in [-0.39, 0.29) is 29.5 Å². The van der Waals surface area contributed by atoms with Crippen LogP contribution in [-0.2, 0) is 23.7 Å². The summed E-state index contributed by atoms with van der Waals surface area (Å²) in [7, 11) is 0. The first-order chi connectivity index (χ1) is 21.3. The summed E-state index contributed by atoms with van der Waals surface area (Å²) < 4.78 is 22.1. The van der Waals surface area contributed by atoms with Gasteiger partial charge < -0.3 is 54.7 Å². The van der Waals surface area contributed by atoms with Gasteiger partial charge in [0.15, 0.2) is 6.29 Å². The van der Waals surface area contributed by atoms with Crippen molar-refractivity contribution in [2.24, 2.45) is 40.4 Å². The minimum atomic E-state index is -1.69. The Morgan fingerprint density at radius 3 is 2.40 bits per heavy atom. The number of aliphatic hydroxyl groups excluding tert-OH is 7. The van der Waals surface area contributed by atoms with E-state index in [1.54, 1.807) is 0 Å². The molecular weight excluding hydrogens is 588 g/mol. The Hall–Kier alpha value is -1.19. The Bertz CT molecular complexity index is 1120. The molecule has 5 unspecified atom stereocenters. The molecule has 6 rings (SSSR count). The lowest BCUT2D eigenvalue weighted by atomic mass is 9.47. The first-order valence-electron chi connectivity index (χ1n) is 16.8. The molecular formula is C33H52O12. The number of carbonyl (C=O) groups excluding carboxylic acids is 1. The number of ether oxygens (including phenoxy) is 4. The number of carbonyl (C=O) groups is 1. The highest BCUT2D eigenvalue weighted by molar-refractivity contribution is 5.72. The number of esters is 1. The molecule has 12 heteroatoms. The van der Waals surface area contributed by atoms with Gasteiger partial charge in [0.05, 0.1) is 25.2 Å². The fraction of sp³-hybridized carbons (Fsp3) is 0.909. The molecule has 256 valence electrons. The Morgan fingerprint density at radius 1 is 0.911 bits per heavy atom. The molecule has 0 radical (unpaired) electrons. The number of hydrogen-bond donors (Lipinski definition) is 7. The highest BCUT2D eigenvalue weighted by atomic mass is 16.7. The van der Waals surface area contributed by atoms with E-state index >= 15 is 0 Å². The van der Waals surface area contributed by atoms with Gasteiger partial charge in [0.2, 0.25) is 6.29 Å². The Labute approximate surface area is 264 Å². The predicted octanol–water partition coefficient (Wildman–Crippen LogP) is 0.369. The van der Waals surface area contributed by atoms with Crippen LogP contribution in [0.25, 0.3) is 0 Å². The van der Waals surface area contributed by atoms with E-state index in [4.69, 9.17) is 18.9 Å². The third-order valence-corrected chi connectivity index (χ3v) is 12.9. The van der Waals surface area contributed by atoms with Gasteiger partial charge in [-0.3, -0.25) is 4.79 Å². The smallest absolute Gasteiger partial charge is 0.311 e. The summed E-state index contributed by atoms with van der Waals surface area (Å²) in [5.74, 6) is 0.640.